The summed E-state index contributed by atoms with van der Waals surface area (Å²) in [7, 11) is 0. The van der Waals surface area contributed by atoms with E-state index in [2.05, 4.69) is 40.8 Å². The van der Waals surface area contributed by atoms with E-state index in [0.717, 1.165) is 0 Å². The molecule has 6 rings (SSSR count). The minimum absolute atomic E-state index is 0.118. The highest BCUT2D eigenvalue weighted by Crippen LogP contribution is 2.41. The van der Waals surface area contributed by atoms with Crippen molar-refractivity contribution < 1.29 is 13.4 Å². The van der Waals surface area contributed by atoms with Gasteiger partial charge in [-0.3, -0.25) is 0 Å². The maximum absolute atomic E-state index is 15.5. The zero-order chi connectivity index (χ0) is 21.9. The highest BCUT2D eigenvalue weighted by Gasteiger charge is 2.48. The van der Waals surface area contributed by atoms with Crippen molar-refractivity contribution in [2.24, 2.45) is 10.2 Å². The van der Waals surface area contributed by atoms with Crippen LogP contribution >= 0.6 is 0 Å². The van der Waals surface area contributed by atoms with Crippen molar-refractivity contribution in [3.05, 3.63) is 53.1 Å². The summed E-state index contributed by atoms with van der Waals surface area (Å²) in [5, 5.41) is 24.1. The van der Waals surface area contributed by atoms with Gasteiger partial charge in [0.25, 0.3) is 0 Å². The third-order valence-corrected chi connectivity index (χ3v) is 5.72. The Hall–Kier alpha value is -3.90. The van der Waals surface area contributed by atoms with Crippen LogP contribution in [0.25, 0.3) is 11.2 Å². The van der Waals surface area contributed by atoms with E-state index >= 15 is 8.78 Å². The molecule has 0 radical (unpaired) electrons. The summed E-state index contributed by atoms with van der Waals surface area (Å²) in [6.07, 6.45) is 0.695. The fourth-order valence-electron chi connectivity index (χ4n) is 3.81. The Kier molecular flexibility index (Phi) is 3.85. The summed E-state index contributed by atoms with van der Waals surface area (Å²) < 4.78 is 37.0. The number of aromatic nitrogens is 7. The van der Waals surface area contributed by atoms with Crippen LogP contribution in [-0.2, 0) is 12.5 Å². The molecule has 4 aromatic rings. The normalized spacial score (nSPS) is 17.0. The first-order valence-electron chi connectivity index (χ1n) is 9.97. The number of fused-ring (bicyclic) bond motifs is 1. The molecule has 0 N–H and O–H groups in total. The Balaban J connectivity index is 1.50. The average Bonchev–Trinajstić information content (AvgIpc) is 3.10. The van der Waals surface area contributed by atoms with Gasteiger partial charge in [-0.05, 0) is 6.92 Å². The van der Waals surface area contributed by atoms with Crippen LogP contribution in [0.3, 0.4) is 0 Å². The molecular formula is C19H16F2N10O. The van der Waals surface area contributed by atoms with Gasteiger partial charge in [-0.1, -0.05) is 45.9 Å². The van der Waals surface area contributed by atoms with Crippen molar-refractivity contribution in [2.75, 3.05) is 18.0 Å². The Labute approximate surface area is 179 Å². The first-order chi connectivity index (χ1) is 15.5. The van der Waals surface area contributed by atoms with Crippen molar-refractivity contribution in [3.63, 3.8) is 0 Å². The number of benzene rings is 1. The van der Waals surface area contributed by atoms with Crippen molar-refractivity contribution >= 4 is 17.0 Å². The molecule has 5 heterocycles. The van der Waals surface area contributed by atoms with Gasteiger partial charge in [0.15, 0.2) is 17.0 Å². The number of rotatable bonds is 5. The molecule has 0 bridgehead atoms. The Morgan fingerprint density at radius 2 is 1.94 bits per heavy atom. The number of hydrogen-bond donors (Lipinski definition) is 0. The molecule has 1 aromatic carbocycles. The molecule has 3 aromatic heterocycles. The van der Waals surface area contributed by atoms with Gasteiger partial charge in [-0.15, -0.1) is 5.10 Å². The summed E-state index contributed by atoms with van der Waals surface area (Å²) in [5.74, 6) is -3.76. The molecule has 1 fully saturated rings. The van der Waals surface area contributed by atoms with E-state index in [0.29, 0.717) is 36.4 Å². The Morgan fingerprint density at radius 3 is 2.62 bits per heavy atom. The van der Waals surface area contributed by atoms with E-state index in [1.165, 1.54) is 16.8 Å². The molecule has 1 spiro atoms. The number of halogens is 2. The van der Waals surface area contributed by atoms with Crippen LogP contribution < -0.4 is 4.90 Å². The SMILES string of the molecule is Cc1nonc1Cn1nnc2c(N3CCC4(C3)N=N4)nc(C(F)(F)c3ccccc3)nc21. The number of nitrogens with zero attached hydrogens (tertiary/aromatic N) is 10. The van der Waals surface area contributed by atoms with Crippen LogP contribution in [-0.4, -0.2) is 54.0 Å². The smallest absolute Gasteiger partial charge is 0.331 e. The molecule has 2 aliphatic heterocycles. The van der Waals surface area contributed by atoms with Crippen molar-refractivity contribution in [1.29, 1.82) is 0 Å². The van der Waals surface area contributed by atoms with Crippen LogP contribution in [0.15, 0.2) is 45.2 Å². The van der Waals surface area contributed by atoms with Gasteiger partial charge in [0, 0.05) is 18.5 Å². The topological polar surface area (TPSA) is 123 Å². The van der Waals surface area contributed by atoms with Gasteiger partial charge < -0.3 is 4.90 Å². The average molecular weight is 438 g/mol. The van der Waals surface area contributed by atoms with E-state index in [1.807, 2.05) is 4.90 Å². The fourth-order valence-corrected chi connectivity index (χ4v) is 3.81. The predicted molar refractivity (Wildman–Crippen MR) is 105 cm³/mol. The van der Waals surface area contributed by atoms with Gasteiger partial charge in [0.1, 0.15) is 11.4 Å². The molecule has 1 saturated heterocycles. The molecule has 0 atom stereocenters. The minimum Gasteiger partial charge on any atom is -0.350 e. The third-order valence-electron chi connectivity index (χ3n) is 5.72. The lowest BCUT2D eigenvalue weighted by atomic mass is 10.1. The summed E-state index contributed by atoms with van der Waals surface area (Å²) in [5.41, 5.74) is 0.906. The van der Waals surface area contributed by atoms with Gasteiger partial charge >= 0.3 is 5.92 Å². The van der Waals surface area contributed by atoms with Crippen molar-refractivity contribution in [1.82, 2.24) is 35.3 Å². The standard InChI is InChI=1S/C19H16F2N10O/c1-11-13(26-32-25-11)9-31-16-14(24-29-31)15(30-8-7-18(10-30)27-28-18)22-17(23-16)19(20,21)12-5-3-2-4-6-12/h2-6H,7-10H2,1H3. The molecule has 13 heteroatoms. The first-order valence-corrected chi connectivity index (χ1v) is 9.97. The molecule has 0 amide bonds. The maximum atomic E-state index is 15.5. The lowest BCUT2D eigenvalue weighted by Crippen LogP contribution is -2.27. The van der Waals surface area contributed by atoms with E-state index in [-0.39, 0.29) is 23.6 Å². The Bertz CT molecular complexity index is 1340. The molecule has 32 heavy (non-hydrogen) atoms. The summed E-state index contributed by atoms with van der Waals surface area (Å²) in [6.45, 7) is 2.86. The molecule has 162 valence electrons. The molecule has 2 aliphatic rings. The predicted octanol–water partition coefficient (Wildman–Crippen LogP) is 2.47. The van der Waals surface area contributed by atoms with Crippen LogP contribution in [0.1, 0.15) is 29.2 Å². The van der Waals surface area contributed by atoms with Crippen molar-refractivity contribution in [2.45, 2.75) is 31.5 Å². The minimum atomic E-state index is -3.42. The second-order valence-electron chi connectivity index (χ2n) is 7.88. The third kappa shape index (κ3) is 2.92. The second-order valence-corrected chi connectivity index (χ2v) is 7.88. The molecule has 0 unspecified atom stereocenters. The quantitative estimate of drug-likeness (QED) is 0.466. The number of aryl methyl sites for hydroxylation is 1. The fraction of sp³-hybridized carbons (Fsp3) is 0.368. The number of alkyl halides is 2. The maximum Gasteiger partial charge on any atom is 0.331 e. The summed E-state index contributed by atoms with van der Waals surface area (Å²) >= 11 is 0. The lowest BCUT2D eigenvalue weighted by molar-refractivity contribution is 0.0332. The van der Waals surface area contributed by atoms with Crippen LogP contribution in [0, 0.1) is 6.92 Å². The van der Waals surface area contributed by atoms with E-state index < -0.39 is 17.4 Å². The summed E-state index contributed by atoms with van der Waals surface area (Å²) in [6, 6.07) is 7.47. The van der Waals surface area contributed by atoms with Crippen LogP contribution in [0.5, 0.6) is 0 Å². The zero-order valence-corrected chi connectivity index (χ0v) is 16.9. The van der Waals surface area contributed by atoms with Gasteiger partial charge in [-0.25, -0.2) is 19.3 Å². The van der Waals surface area contributed by atoms with Gasteiger partial charge in [0.2, 0.25) is 11.5 Å². The highest BCUT2D eigenvalue weighted by molar-refractivity contribution is 5.83. The largest absolute Gasteiger partial charge is 0.350 e. The van der Waals surface area contributed by atoms with E-state index in [9.17, 15) is 0 Å². The van der Waals surface area contributed by atoms with Crippen LogP contribution in [0.4, 0.5) is 14.6 Å². The molecular weight excluding hydrogens is 422 g/mol. The van der Waals surface area contributed by atoms with E-state index in [4.69, 9.17) is 4.63 Å². The first kappa shape index (κ1) is 18.8. The number of anilines is 1. The monoisotopic (exact) mass is 438 g/mol. The molecule has 0 aliphatic carbocycles. The summed E-state index contributed by atoms with van der Waals surface area (Å²) in [4.78, 5) is 10.3. The van der Waals surface area contributed by atoms with Crippen LogP contribution in [0.2, 0.25) is 0 Å². The van der Waals surface area contributed by atoms with E-state index in [1.54, 1.807) is 25.1 Å². The molecule has 0 saturated carbocycles. The number of hydrogen-bond acceptors (Lipinski definition) is 10. The zero-order valence-electron chi connectivity index (χ0n) is 16.9. The van der Waals surface area contributed by atoms with Gasteiger partial charge in [0.05, 0.1) is 13.1 Å². The molecule has 11 nitrogen and oxygen atoms in total. The van der Waals surface area contributed by atoms with Gasteiger partial charge in [-0.2, -0.15) is 19.0 Å². The lowest BCUT2D eigenvalue weighted by Gasteiger charge is -2.20. The Morgan fingerprint density at radius 1 is 1.12 bits per heavy atom. The van der Waals surface area contributed by atoms with Crippen molar-refractivity contribution in [3.8, 4) is 0 Å². The highest BCUT2D eigenvalue weighted by atomic mass is 19.3. The second kappa shape index (κ2) is 6.55.